The fourth-order valence-corrected chi connectivity index (χ4v) is 3.50. The molecule has 0 bridgehead atoms. The zero-order valence-electron chi connectivity index (χ0n) is 16.2. The molecule has 6 nitrogen and oxygen atoms in total. The largest absolute Gasteiger partial charge is 0.338 e. The summed E-state index contributed by atoms with van der Waals surface area (Å²) in [6.07, 6.45) is 5.55. The van der Waals surface area contributed by atoms with Crippen molar-refractivity contribution in [3.8, 4) is 0 Å². The van der Waals surface area contributed by atoms with Crippen LogP contribution in [0, 0.1) is 6.92 Å². The van der Waals surface area contributed by atoms with Crippen LogP contribution in [-0.4, -0.2) is 56.4 Å². The van der Waals surface area contributed by atoms with E-state index in [2.05, 4.69) is 41.7 Å². The van der Waals surface area contributed by atoms with Gasteiger partial charge >= 0.3 is 0 Å². The van der Waals surface area contributed by atoms with Gasteiger partial charge in [-0.2, -0.15) is 0 Å². The normalized spacial score (nSPS) is 16.9. The Morgan fingerprint density at radius 3 is 2.50 bits per heavy atom. The third kappa shape index (κ3) is 3.96. The van der Waals surface area contributed by atoms with Crippen LogP contribution in [0.15, 0.2) is 30.7 Å². The van der Waals surface area contributed by atoms with Gasteiger partial charge in [-0.3, -0.25) is 14.7 Å². The molecule has 0 spiro atoms. The van der Waals surface area contributed by atoms with Crippen molar-refractivity contribution < 1.29 is 4.79 Å². The van der Waals surface area contributed by atoms with Crippen LogP contribution in [0.4, 0.5) is 0 Å². The zero-order valence-corrected chi connectivity index (χ0v) is 16.2. The molecule has 140 valence electrons. The van der Waals surface area contributed by atoms with Crippen LogP contribution >= 0.6 is 0 Å². The van der Waals surface area contributed by atoms with Gasteiger partial charge in [0.15, 0.2) is 0 Å². The molecule has 26 heavy (non-hydrogen) atoms. The summed E-state index contributed by atoms with van der Waals surface area (Å²) >= 11 is 0. The third-order valence-corrected chi connectivity index (χ3v) is 5.16. The van der Waals surface area contributed by atoms with E-state index in [4.69, 9.17) is 0 Å². The Bertz CT molecular complexity index is 746. The number of carbonyl (C=O) groups is 1. The van der Waals surface area contributed by atoms with Crippen LogP contribution in [0.25, 0.3) is 0 Å². The standard InChI is InChI=1S/C20H29N5O/c1-15(2)19-22-8-9-25(19)17(4)20(26)24-12-10-23(11-13-24)14-18-16(3)6-5-7-21-18/h5-9,15,17H,10-14H2,1-4H3. The molecule has 1 amide bonds. The Balaban J connectivity index is 1.58. The molecule has 0 saturated carbocycles. The van der Waals surface area contributed by atoms with E-state index >= 15 is 0 Å². The van der Waals surface area contributed by atoms with Crippen LogP contribution in [0.2, 0.25) is 0 Å². The summed E-state index contributed by atoms with van der Waals surface area (Å²) in [5.41, 5.74) is 2.35. The number of rotatable bonds is 5. The highest BCUT2D eigenvalue weighted by Gasteiger charge is 2.27. The molecule has 2 aromatic rings. The lowest BCUT2D eigenvalue weighted by Gasteiger charge is -2.36. The Hall–Kier alpha value is -2.21. The number of amides is 1. The first-order chi connectivity index (χ1) is 12.5. The maximum Gasteiger partial charge on any atom is 0.245 e. The van der Waals surface area contributed by atoms with E-state index in [1.54, 1.807) is 6.20 Å². The molecule has 0 aliphatic carbocycles. The molecule has 2 aromatic heterocycles. The second kappa shape index (κ2) is 7.99. The molecule has 3 rings (SSSR count). The summed E-state index contributed by atoms with van der Waals surface area (Å²) in [5.74, 6) is 1.45. The van der Waals surface area contributed by atoms with E-state index in [1.807, 2.05) is 34.9 Å². The van der Waals surface area contributed by atoms with Crippen molar-refractivity contribution in [3.63, 3.8) is 0 Å². The molecule has 1 fully saturated rings. The van der Waals surface area contributed by atoms with Gasteiger partial charge in [-0.1, -0.05) is 19.9 Å². The van der Waals surface area contributed by atoms with E-state index < -0.39 is 0 Å². The Morgan fingerprint density at radius 2 is 1.85 bits per heavy atom. The van der Waals surface area contributed by atoms with Gasteiger partial charge in [0.1, 0.15) is 11.9 Å². The smallest absolute Gasteiger partial charge is 0.245 e. The quantitative estimate of drug-likeness (QED) is 0.827. The molecule has 1 unspecified atom stereocenters. The highest BCUT2D eigenvalue weighted by atomic mass is 16.2. The Labute approximate surface area is 155 Å². The van der Waals surface area contributed by atoms with Crippen LogP contribution in [0.3, 0.4) is 0 Å². The first-order valence-electron chi connectivity index (χ1n) is 9.41. The number of aromatic nitrogens is 3. The number of piperazine rings is 1. The van der Waals surface area contributed by atoms with Crippen molar-refractivity contribution in [2.24, 2.45) is 0 Å². The molecule has 0 N–H and O–H groups in total. The van der Waals surface area contributed by atoms with Crippen molar-refractivity contribution >= 4 is 5.91 Å². The summed E-state index contributed by atoms with van der Waals surface area (Å²) in [4.78, 5) is 26.2. The third-order valence-electron chi connectivity index (χ3n) is 5.16. The maximum absolute atomic E-state index is 12.9. The molecular formula is C20H29N5O. The van der Waals surface area contributed by atoms with E-state index in [0.717, 1.165) is 44.2 Å². The van der Waals surface area contributed by atoms with Crippen LogP contribution < -0.4 is 0 Å². The molecule has 1 aliphatic rings. The summed E-state index contributed by atoms with van der Waals surface area (Å²) in [6.45, 7) is 12.4. The molecule has 1 atom stereocenters. The van der Waals surface area contributed by atoms with Gasteiger partial charge in [-0.25, -0.2) is 4.98 Å². The lowest BCUT2D eigenvalue weighted by atomic mass is 10.1. The van der Waals surface area contributed by atoms with Crippen molar-refractivity contribution in [2.45, 2.75) is 46.2 Å². The van der Waals surface area contributed by atoms with E-state index in [0.29, 0.717) is 5.92 Å². The van der Waals surface area contributed by atoms with Crippen LogP contribution in [0.5, 0.6) is 0 Å². The van der Waals surface area contributed by atoms with E-state index in [1.165, 1.54) is 5.56 Å². The maximum atomic E-state index is 12.9. The molecule has 6 heteroatoms. The van der Waals surface area contributed by atoms with Gasteiger partial charge < -0.3 is 9.47 Å². The lowest BCUT2D eigenvalue weighted by Crippen LogP contribution is -2.50. The van der Waals surface area contributed by atoms with Gasteiger partial charge in [0.05, 0.1) is 5.69 Å². The number of hydrogen-bond donors (Lipinski definition) is 0. The second-order valence-electron chi connectivity index (χ2n) is 7.39. The van der Waals surface area contributed by atoms with Crippen molar-refractivity contribution in [3.05, 3.63) is 47.8 Å². The van der Waals surface area contributed by atoms with Crippen LogP contribution in [0.1, 0.15) is 49.8 Å². The van der Waals surface area contributed by atoms with Crippen molar-refractivity contribution in [1.82, 2.24) is 24.3 Å². The minimum absolute atomic E-state index is 0.179. The number of aryl methyl sites for hydroxylation is 1. The van der Waals surface area contributed by atoms with Crippen molar-refractivity contribution in [2.75, 3.05) is 26.2 Å². The number of nitrogens with zero attached hydrogens (tertiary/aromatic N) is 5. The average molecular weight is 355 g/mol. The number of carbonyl (C=O) groups excluding carboxylic acids is 1. The summed E-state index contributed by atoms with van der Waals surface area (Å²) < 4.78 is 2.01. The number of hydrogen-bond acceptors (Lipinski definition) is 4. The lowest BCUT2D eigenvalue weighted by molar-refractivity contribution is -0.136. The second-order valence-corrected chi connectivity index (χ2v) is 7.39. The minimum atomic E-state index is -0.209. The number of pyridine rings is 1. The van der Waals surface area contributed by atoms with Gasteiger partial charge in [0.25, 0.3) is 0 Å². The predicted octanol–water partition coefficient (Wildman–Crippen LogP) is 2.62. The first kappa shape index (κ1) is 18.6. The summed E-state index contributed by atoms with van der Waals surface area (Å²) in [7, 11) is 0. The average Bonchev–Trinajstić information content (AvgIpc) is 3.13. The Morgan fingerprint density at radius 1 is 1.12 bits per heavy atom. The molecule has 3 heterocycles. The SMILES string of the molecule is Cc1cccnc1CN1CCN(C(=O)C(C)n2ccnc2C(C)C)CC1. The molecule has 0 aromatic carbocycles. The van der Waals surface area contributed by atoms with E-state index in [-0.39, 0.29) is 11.9 Å². The fraction of sp³-hybridized carbons (Fsp3) is 0.550. The van der Waals surface area contributed by atoms with Crippen LogP contribution in [-0.2, 0) is 11.3 Å². The fourth-order valence-electron chi connectivity index (χ4n) is 3.50. The van der Waals surface area contributed by atoms with Gasteiger partial charge in [-0.15, -0.1) is 0 Å². The van der Waals surface area contributed by atoms with E-state index in [9.17, 15) is 4.79 Å². The highest BCUT2D eigenvalue weighted by molar-refractivity contribution is 5.80. The highest BCUT2D eigenvalue weighted by Crippen LogP contribution is 2.20. The minimum Gasteiger partial charge on any atom is -0.338 e. The van der Waals surface area contributed by atoms with Gasteiger partial charge in [0.2, 0.25) is 5.91 Å². The Kier molecular flexibility index (Phi) is 5.71. The summed E-state index contributed by atoms with van der Waals surface area (Å²) in [5, 5.41) is 0. The van der Waals surface area contributed by atoms with Gasteiger partial charge in [-0.05, 0) is 25.5 Å². The van der Waals surface area contributed by atoms with Crippen molar-refractivity contribution in [1.29, 1.82) is 0 Å². The molecule has 1 aliphatic heterocycles. The monoisotopic (exact) mass is 355 g/mol. The molecule has 0 radical (unpaired) electrons. The zero-order chi connectivity index (χ0) is 18.7. The van der Waals surface area contributed by atoms with Gasteiger partial charge in [0, 0.05) is 57.2 Å². The molecular weight excluding hydrogens is 326 g/mol. The number of imidazole rings is 1. The summed E-state index contributed by atoms with van der Waals surface area (Å²) in [6, 6.07) is 3.86. The first-order valence-corrected chi connectivity index (χ1v) is 9.41. The topological polar surface area (TPSA) is 54.3 Å². The molecule has 1 saturated heterocycles. The predicted molar refractivity (Wildman–Crippen MR) is 102 cm³/mol.